The molecule has 0 radical (unpaired) electrons. The first kappa shape index (κ1) is 12.1. The van der Waals surface area contributed by atoms with Gasteiger partial charge in [0.15, 0.2) is 0 Å². The highest BCUT2D eigenvalue weighted by Crippen LogP contribution is 2.32. The highest BCUT2D eigenvalue weighted by molar-refractivity contribution is 9.11. The number of hydrogen-bond acceptors (Lipinski definition) is 3. The van der Waals surface area contributed by atoms with Gasteiger partial charge in [-0.15, -0.1) is 0 Å². The molecule has 0 aliphatic rings. The van der Waals surface area contributed by atoms with E-state index in [2.05, 4.69) is 36.8 Å². The molecule has 17 heavy (non-hydrogen) atoms. The van der Waals surface area contributed by atoms with Gasteiger partial charge in [-0.05, 0) is 46.3 Å². The second-order valence-electron chi connectivity index (χ2n) is 3.14. The maximum atomic E-state index is 8.92. The zero-order valence-corrected chi connectivity index (χ0v) is 11.7. The monoisotopic (exact) mass is 352 g/mol. The summed E-state index contributed by atoms with van der Waals surface area (Å²) in [6.45, 7) is 0. The van der Waals surface area contributed by atoms with Crippen molar-refractivity contribution in [2.24, 2.45) is 0 Å². The third-order valence-electron chi connectivity index (χ3n) is 1.99. The van der Waals surface area contributed by atoms with Crippen LogP contribution in [0.2, 0.25) is 0 Å². The van der Waals surface area contributed by atoms with Crippen molar-refractivity contribution in [2.45, 2.75) is 0 Å². The van der Waals surface area contributed by atoms with Gasteiger partial charge in [-0.1, -0.05) is 15.9 Å². The molecule has 1 heterocycles. The average Bonchev–Trinajstić information content (AvgIpc) is 2.33. The number of aromatic nitrogens is 1. The van der Waals surface area contributed by atoms with Crippen molar-refractivity contribution in [2.75, 3.05) is 0 Å². The van der Waals surface area contributed by atoms with Crippen LogP contribution in [-0.2, 0) is 0 Å². The second-order valence-corrected chi connectivity index (χ2v) is 4.91. The van der Waals surface area contributed by atoms with Gasteiger partial charge in [0.2, 0.25) is 5.88 Å². The molecule has 0 amide bonds. The standard InChI is InChI=1S/C12H6Br2N2O/c13-9-3-4-11(10(14)6-9)17-12-8(7-15)2-1-5-16-12/h1-6H. The third kappa shape index (κ3) is 2.84. The molecule has 2 rings (SSSR count). The summed E-state index contributed by atoms with van der Waals surface area (Å²) in [7, 11) is 0. The SMILES string of the molecule is N#Cc1cccnc1Oc1ccc(Br)cc1Br. The van der Waals surface area contributed by atoms with Crippen molar-refractivity contribution in [3.8, 4) is 17.7 Å². The van der Waals surface area contributed by atoms with Crippen LogP contribution in [-0.4, -0.2) is 4.98 Å². The Kier molecular flexibility index (Phi) is 3.77. The fourth-order valence-corrected chi connectivity index (χ4v) is 2.35. The Balaban J connectivity index is 2.35. The lowest BCUT2D eigenvalue weighted by molar-refractivity contribution is 0.458. The summed E-state index contributed by atoms with van der Waals surface area (Å²) in [6.07, 6.45) is 1.59. The van der Waals surface area contributed by atoms with Crippen molar-refractivity contribution in [1.29, 1.82) is 5.26 Å². The van der Waals surface area contributed by atoms with E-state index >= 15 is 0 Å². The van der Waals surface area contributed by atoms with Gasteiger partial charge in [-0.3, -0.25) is 0 Å². The zero-order chi connectivity index (χ0) is 12.3. The summed E-state index contributed by atoms with van der Waals surface area (Å²) in [6, 6.07) is 10.9. The van der Waals surface area contributed by atoms with Gasteiger partial charge >= 0.3 is 0 Å². The fourth-order valence-electron chi connectivity index (χ4n) is 1.22. The zero-order valence-electron chi connectivity index (χ0n) is 8.52. The first-order chi connectivity index (χ1) is 8.20. The van der Waals surface area contributed by atoms with E-state index in [1.807, 2.05) is 18.2 Å². The summed E-state index contributed by atoms with van der Waals surface area (Å²) >= 11 is 6.74. The third-order valence-corrected chi connectivity index (χ3v) is 3.11. The summed E-state index contributed by atoms with van der Waals surface area (Å²) in [5, 5.41) is 8.92. The minimum Gasteiger partial charge on any atom is -0.436 e. The van der Waals surface area contributed by atoms with Crippen LogP contribution in [0.25, 0.3) is 0 Å². The molecule has 0 atom stereocenters. The van der Waals surface area contributed by atoms with Crippen molar-refractivity contribution in [3.63, 3.8) is 0 Å². The van der Waals surface area contributed by atoms with E-state index in [0.717, 1.165) is 8.95 Å². The number of nitriles is 1. The van der Waals surface area contributed by atoms with Crippen LogP contribution in [0.1, 0.15) is 5.56 Å². The lowest BCUT2D eigenvalue weighted by Gasteiger charge is -2.07. The van der Waals surface area contributed by atoms with Crippen molar-refractivity contribution >= 4 is 31.9 Å². The Morgan fingerprint density at radius 1 is 1.24 bits per heavy atom. The number of hydrogen-bond donors (Lipinski definition) is 0. The average molecular weight is 354 g/mol. The maximum absolute atomic E-state index is 8.92. The minimum atomic E-state index is 0.304. The minimum absolute atomic E-state index is 0.304. The topological polar surface area (TPSA) is 45.9 Å². The van der Waals surface area contributed by atoms with Gasteiger partial charge in [0, 0.05) is 10.7 Å². The first-order valence-corrected chi connectivity index (χ1v) is 6.27. The van der Waals surface area contributed by atoms with E-state index in [9.17, 15) is 0 Å². The Bertz CT molecular complexity index is 593. The van der Waals surface area contributed by atoms with Gasteiger partial charge in [-0.25, -0.2) is 4.98 Å². The van der Waals surface area contributed by atoms with Gasteiger partial charge in [0.25, 0.3) is 0 Å². The van der Waals surface area contributed by atoms with Crippen LogP contribution in [0.4, 0.5) is 0 Å². The number of halogens is 2. The van der Waals surface area contributed by atoms with Gasteiger partial charge in [0.05, 0.1) is 4.47 Å². The second kappa shape index (κ2) is 5.30. The smallest absolute Gasteiger partial charge is 0.237 e. The van der Waals surface area contributed by atoms with Crippen LogP contribution in [0.15, 0.2) is 45.5 Å². The fraction of sp³-hybridized carbons (Fsp3) is 0. The van der Waals surface area contributed by atoms with Crippen LogP contribution in [0.3, 0.4) is 0 Å². The van der Waals surface area contributed by atoms with E-state index in [0.29, 0.717) is 17.2 Å². The number of benzene rings is 1. The Labute approximate surface area is 115 Å². The van der Waals surface area contributed by atoms with Gasteiger partial charge < -0.3 is 4.74 Å². The Hall–Kier alpha value is -1.38. The Morgan fingerprint density at radius 3 is 2.76 bits per heavy atom. The largest absolute Gasteiger partial charge is 0.436 e. The molecular formula is C12H6Br2N2O. The molecule has 5 heteroatoms. The molecule has 0 spiro atoms. The van der Waals surface area contributed by atoms with Crippen LogP contribution in [0, 0.1) is 11.3 Å². The summed E-state index contributed by atoms with van der Waals surface area (Å²) < 4.78 is 7.32. The van der Waals surface area contributed by atoms with E-state index in [-0.39, 0.29) is 0 Å². The van der Waals surface area contributed by atoms with E-state index < -0.39 is 0 Å². The lowest BCUT2D eigenvalue weighted by atomic mass is 10.3. The molecular weight excluding hydrogens is 348 g/mol. The maximum Gasteiger partial charge on any atom is 0.237 e. The van der Waals surface area contributed by atoms with E-state index in [1.165, 1.54) is 0 Å². The van der Waals surface area contributed by atoms with Crippen molar-refractivity contribution < 1.29 is 4.74 Å². The van der Waals surface area contributed by atoms with Crippen LogP contribution >= 0.6 is 31.9 Å². The summed E-state index contributed by atoms with van der Waals surface area (Å²) in [4.78, 5) is 4.03. The summed E-state index contributed by atoms with van der Waals surface area (Å²) in [5.74, 6) is 0.918. The van der Waals surface area contributed by atoms with E-state index in [4.69, 9.17) is 10.00 Å². The highest BCUT2D eigenvalue weighted by Gasteiger charge is 2.08. The lowest BCUT2D eigenvalue weighted by Crippen LogP contribution is -1.91. The Morgan fingerprint density at radius 2 is 2.06 bits per heavy atom. The highest BCUT2D eigenvalue weighted by atomic mass is 79.9. The van der Waals surface area contributed by atoms with Crippen LogP contribution in [0.5, 0.6) is 11.6 Å². The van der Waals surface area contributed by atoms with Gasteiger partial charge in [0.1, 0.15) is 17.4 Å². The first-order valence-electron chi connectivity index (χ1n) is 4.69. The molecule has 0 aliphatic heterocycles. The molecule has 0 N–H and O–H groups in total. The number of rotatable bonds is 2. The molecule has 0 unspecified atom stereocenters. The molecule has 84 valence electrons. The van der Waals surface area contributed by atoms with Crippen molar-refractivity contribution in [3.05, 3.63) is 51.0 Å². The number of nitrogens with zero attached hydrogens (tertiary/aromatic N) is 2. The molecule has 0 saturated heterocycles. The quantitative estimate of drug-likeness (QED) is 0.809. The molecule has 1 aromatic carbocycles. The molecule has 0 fully saturated rings. The molecule has 1 aromatic heterocycles. The number of ether oxygens (including phenoxy) is 1. The van der Waals surface area contributed by atoms with E-state index in [1.54, 1.807) is 24.4 Å². The molecule has 0 aliphatic carbocycles. The van der Waals surface area contributed by atoms with Gasteiger partial charge in [-0.2, -0.15) is 5.26 Å². The normalized spacial score (nSPS) is 9.71. The van der Waals surface area contributed by atoms with Crippen molar-refractivity contribution in [1.82, 2.24) is 4.98 Å². The molecule has 0 bridgehead atoms. The molecule has 0 saturated carbocycles. The summed E-state index contributed by atoms with van der Waals surface area (Å²) in [5.41, 5.74) is 0.405. The number of pyridine rings is 1. The predicted molar refractivity (Wildman–Crippen MR) is 70.9 cm³/mol. The predicted octanol–water partition coefficient (Wildman–Crippen LogP) is 4.27. The molecule has 3 nitrogen and oxygen atoms in total. The van der Waals surface area contributed by atoms with Crippen LogP contribution < -0.4 is 4.74 Å². The molecule has 2 aromatic rings.